The third-order valence-corrected chi connectivity index (χ3v) is 8.15. The number of amides is 2. The lowest BCUT2D eigenvalue weighted by molar-refractivity contribution is -0.154. The average molecular weight is 547 g/mol. The van der Waals surface area contributed by atoms with E-state index in [1.54, 1.807) is 23.1 Å². The number of carboxylic acid groups (broad SMARTS) is 1. The summed E-state index contributed by atoms with van der Waals surface area (Å²) in [7, 11) is 0. The van der Waals surface area contributed by atoms with Crippen molar-refractivity contribution in [2.24, 2.45) is 17.1 Å². The normalized spacial score (nSPS) is 23.5. The van der Waals surface area contributed by atoms with Crippen LogP contribution >= 0.6 is 23.2 Å². The molecule has 0 aromatic heterocycles. The Labute approximate surface area is 226 Å². The fourth-order valence-electron chi connectivity index (χ4n) is 5.37. The molecule has 1 heterocycles. The first kappa shape index (κ1) is 27.4. The largest absolute Gasteiger partial charge is 0.481 e. The van der Waals surface area contributed by atoms with Gasteiger partial charge in [-0.1, -0.05) is 54.4 Å². The van der Waals surface area contributed by atoms with E-state index in [1.807, 2.05) is 37.3 Å². The summed E-state index contributed by atoms with van der Waals surface area (Å²) >= 11 is 12.5. The van der Waals surface area contributed by atoms with Gasteiger partial charge in [-0.15, -0.1) is 0 Å². The molecule has 198 valence electrons. The number of hydrogen-bond donors (Lipinski definition) is 2. The second kappa shape index (κ2) is 11.4. The summed E-state index contributed by atoms with van der Waals surface area (Å²) < 4.78 is 6.00. The van der Waals surface area contributed by atoms with Gasteiger partial charge in [0.15, 0.2) is 0 Å². The summed E-state index contributed by atoms with van der Waals surface area (Å²) in [5.74, 6) is -2.49. The van der Waals surface area contributed by atoms with E-state index in [2.05, 4.69) is 0 Å². The van der Waals surface area contributed by atoms with Gasteiger partial charge in [0.25, 0.3) is 0 Å². The van der Waals surface area contributed by atoms with Crippen LogP contribution < -0.4 is 5.73 Å². The van der Waals surface area contributed by atoms with Gasteiger partial charge in [0.05, 0.1) is 37.1 Å². The van der Waals surface area contributed by atoms with Crippen LogP contribution in [-0.4, -0.2) is 47.0 Å². The summed E-state index contributed by atoms with van der Waals surface area (Å²) in [5.41, 5.74) is 6.77. The van der Waals surface area contributed by atoms with Gasteiger partial charge in [-0.05, 0) is 61.1 Å². The Morgan fingerprint density at radius 1 is 1.14 bits per heavy atom. The summed E-state index contributed by atoms with van der Waals surface area (Å²) in [5, 5.41) is 10.7. The van der Waals surface area contributed by atoms with Gasteiger partial charge in [0.2, 0.25) is 11.8 Å². The van der Waals surface area contributed by atoms with Crippen molar-refractivity contribution in [1.29, 1.82) is 0 Å². The quantitative estimate of drug-likeness (QED) is 0.402. The number of ether oxygens (including phenoxy) is 1. The lowest BCUT2D eigenvalue weighted by Gasteiger charge is -2.48. The van der Waals surface area contributed by atoms with Gasteiger partial charge in [0.1, 0.15) is 0 Å². The number of likely N-dealkylation sites (tertiary alicyclic amines) is 1. The predicted octanol–water partition coefficient (Wildman–Crippen LogP) is 5.20. The molecular weight excluding hydrogens is 515 g/mol. The van der Waals surface area contributed by atoms with Crippen LogP contribution in [0.5, 0.6) is 0 Å². The van der Waals surface area contributed by atoms with E-state index in [0.29, 0.717) is 35.7 Å². The molecule has 4 rings (SSSR count). The number of hydrogen-bond acceptors (Lipinski definition) is 4. The van der Waals surface area contributed by atoms with E-state index < -0.39 is 17.3 Å². The Kier molecular flexibility index (Phi) is 8.46. The molecule has 0 radical (unpaired) electrons. The maximum absolute atomic E-state index is 13.9. The fourth-order valence-corrected chi connectivity index (χ4v) is 5.70. The van der Waals surface area contributed by atoms with E-state index in [0.717, 1.165) is 11.1 Å². The number of halogens is 2. The highest BCUT2D eigenvalue weighted by Gasteiger charge is 2.50. The average Bonchev–Trinajstić information content (AvgIpc) is 3.65. The Bertz CT molecular complexity index is 1150. The SMILES string of the molecule is CC[C@@H](COCC1(C(N)=O)CC1)N1C(=O)[C@H](CC(=O)O)C[C@H](c2cccc(Cl)c2)[C@H]1c1ccc(Cl)cc1. The number of carboxylic acids is 1. The van der Waals surface area contributed by atoms with Crippen LogP contribution in [0.1, 0.15) is 62.1 Å². The minimum absolute atomic E-state index is 0.198. The van der Waals surface area contributed by atoms with E-state index in [9.17, 15) is 19.5 Å². The molecule has 2 aromatic rings. The molecule has 0 spiro atoms. The molecule has 1 saturated heterocycles. The van der Waals surface area contributed by atoms with Gasteiger partial charge in [-0.3, -0.25) is 14.4 Å². The van der Waals surface area contributed by atoms with Gasteiger partial charge in [0, 0.05) is 21.9 Å². The molecule has 1 aliphatic carbocycles. The lowest BCUT2D eigenvalue weighted by Crippen LogP contribution is -2.53. The smallest absolute Gasteiger partial charge is 0.304 e. The van der Waals surface area contributed by atoms with Gasteiger partial charge in [-0.2, -0.15) is 0 Å². The molecule has 1 aliphatic heterocycles. The van der Waals surface area contributed by atoms with E-state index in [4.69, 9.17) is 33.7 Å². The van der Waals surface area contributed by atoms with Crippen LogP contribution in [-0.2, 0) is 19.1 Å². The molecule has 2 aliphatic rings. The third-order valence-electron chi connectivity index (χ3n) is 7.66. The third kappa shape index (κ3) is 6.11. The van der Waals surface area contributed by atoms with Crippen LogP contribution in [0.2, 0.25) is 10.0 Å². The molecule has 2 amide bonds. The molecule has 3 N–H and O–H groups in total. The zero-order valence-electron chi connectivity index (χ0n) is 20.7. The molecule has 0 bridgehead atoms. The topological polar surface area (TPSA) is 110 Å². The molecule has 4 atom stereocenters. The molecular formula is C28H32Cl2N2O5. The zero-order valence-corrected chi connectivity index (χ0v) is 22.3. The van der Waals surface area contributed by atoms with Crippen molar-refractivity contribution < 1.29 is 24.2 Å². The number of nitrogens with zero attached hydrogens (tertiary/aromatic N) is 1. The number of aliphatic carboxylic acids is 1. The molecule has 1 saturated carbocycles. The van der Waals surface area contributed by atoms with Crippen molar-refractivity contribution in [2.45, 2.75) is 57.0 Å². The Hall–Kier alpha value is -2.61. The van der Waals surface area contributed by atoms with Crippen LogP contribution in [0.25, 0.3) is 0 Å². The van der Waals surface area contributed by atoms with Crippen molar-refractivity contribution in [3.8, 4) is 0 Å². The fraction of sp³-hybridized carbons (Fsp3) is 0.464. The van der Waals surface area contributed by atoms with Gasteiger partial charge >= 0.3 is 5.97 Å². The number of rotatable bonds is 11. The minimum Gasteiger partial charge on any atom is -0.481 e. The number of carbonyl (C=O) groups excluding carboxylic acids is 2. The highest BCUT2D eigenvalue weighted by Crippen LogP contribution is 2.48. The van der Waals surface area contributed by atoms with Crippen molar-refractivity contribution in [1.82, 2.24) is 4.90 Å². The number of primary amides is 1. The lowest BCUT2D eigenvalue weighted by atomic mass is 9.74. The summed E-state index contributed by atoms with van der Waals surface area (Å²) in [6.07, 6.45) is 2.10. The van der Waals surface area contributed by atoms with E-state index >= 15 is 0 Å². The first-order valence-electron chi connectivity index (χ1n) is 12.6. The molecule has 7 nitrogen and oxygen atoms in total. The van der Waals surface area contributed by atoms with Crippen LogP contribution in [0.4, 0.5) is 0 Å². The van der Waals surface area contributed by atoms with Crippen molar-refractivity contribution in [3.63, 3.8) is 0 Å². The Morgan fingerprint density at radius 3 is 2.41 bits per heavy atom. The van der Waals surface area contributed by atoms with Gasteiger partial charge < -0.3 is 20.5 Å². The predicted molar refractivity (Wildman–Crippen MR) is 141 cm³/mol. The first-order chi connectivity index (χ1) is 17.6. The Balaban J connectivity index is 1.73. The molecule has 2 aromatic carbocycles. The number of carbonyl (C=O) groups is 3. The molecule has 37 heavy (non-hydrogen) atoms. The van der Waals surface area contributed by atoms with Crippen molar-refractivity contribution in [2.75, 3.05) is 13.2 Å². The van der Waals surface area contributed by atoms with Crippen molar-refractivity contribution in [3.05, 3.63) is 69.7 Å². The zero-order chi connectivity index (χ0) is 26.7. The maximum atomic E-state index is 13.9. The highest BCUT2D eigenvalue weighted by molar-refractivity contribution is 6.30. The molecule has 0 unspecified atom stereocenters. The minimum atomic E-state index is -1.02. The second-order valence-electron chi connectivity index (χ2n) is 10.2. The van der Waals surface area contributed by atoms with Gasteiger partial charge in [-0.25, -0.2) is 0 Å². The Morgan fingerprint density at radius 2 is 1.84 bits per heavy atom. The van der Waals surface area contributed by atoms with Crippen LogP contribution in [0.15, 0.2) is 48.5 Å². The maximum Gasteiger partial charge on any atom is 0.304 e. The number of nitrogens with two attached hydrogens (primary N) is 1. The standard InChI is InChI=1S/C28H32Cl2N2O5/c1-2-22(15-37-16-28(10-11-28)27(31)36)32-25(17-6-8-20(29)9-7-17)23(18-4-3-5-21(30)12-18)13-19(26(32)35)14-24(33)34/h3-9,12,19,22-23,25H,2,10-11,13-16H2,1H3,(H2,31,36)(H,33,34)/t19-,22-,23+,25+/m0/s1. The van der Waals surface area contributed by atoms with E-state index in [1.165, 1.54) is 0 Å². The molecule has 2 fully saturated rings. The highest BCUT2D eigenvalue weighted by atomic mass is 35.5. The summed E-state index contributed by atoms with van der Waals surface area (Å²) in [6, 6.07) is 14.2. The first-order valence-corrected chi connectivity index (χ1v) is 13.3. The molecule has 9 heteroatoms. The summed E-state index contributed by atoms with van der Waals surface area (Å²) in [4.78, 5) is 39.3. The van der Waals surface area contributed by atoms with Crippen LogP contribution in [0.3, 0.4) is 0 Å². The number of benzene rings is 2. The van der Waals surface area contributed by atoms with Crippen LogP contribution in [0, 0.1) is 11.3 Å². The second-order valence-corrected chi connectivity index (χ2v) is 11.0. The summed E-state index contributed by atoms with van der Waals surface area (Å²) in [6.45, 7) is 2.39. The monoisotopic (exact) mass is 546 g/mol. The van der Waals surface area contributed by atoms with Crippen molar-refractivity contribution >= 4 is 41.0 Å². The number of piperidine rings is 1. The van der Waals surface area contributed by atoms with E-state index in [-0.39, 0.29) is 49.5 Å².